The van der Waals surface area contributed by atoms with Gasteiger partial charge in [0.05, 0.1) is 0 Å². The van der Waals surface area contributed by atoms with E-state index in [-0.39, 0.29) is 0 Å². The van der Waals surface area contributed by atoms with Crippen LogP contribution >= 0.6 is 0 Å². The van der Waals surface area contributed by atoms with E-state index < -0.39 is 11.7 Å². The van der Waals surface area contributed by atoms with Crippen LogP contribution < -0.4 is 5.32 Å². The Morgan fingerprint density at radius 3 is 2.53 bits per heavy atom. The Labute approximate surface area is 89.5 Å². The second-order valence-electron chi connectivity index (χ2n) is 3.49. The van der Waals surface area contributed by atoms with Crippen molar-refractivity contribution >= 4 is 11.7 Å². The molecule has 0 unspecified atom stereocenters. The van der Waals surface area contributed by atoms with Crippen molar-refractivity contribution in [3.63, 3.8) is 0 Å². The number of carbonyl (C=O) groups is 2. The summed E-state index contributed by atoms with van der Waals surface area (Å²) in [5, 5.41) is 2.57. The van der Waals surface area contributed by atoms with E-state index in [9.17, 15) is 9.59 Å². The van der Waals surface area contributed by atoms with Crippen molar-refractivity contribution in [2.45, 2.75) is 20.3 Å². The molecule has 3 nitrogen and oxygen atoms in total. The van der Waals surface area contributed by atoms with E-state index in [1.54, 1.807) is 0 Å². The monoisotopic (exact) mass is 205 g/mol. The minimum absolute atomic E-state index is 0.445. The summed E-state index contributed by atoms with van der Waals surface area (Å²) in [5.74, 6) is -0.955. The largest absolute Gasteiger partial charge is 0.349 e. The molecule has 1 aromatic rings. The molecule has 0 aliphatic rings. The molecule has 0 spiro atoms. The molecule has 1 aromatic carbocycles. The maximum absolute atomic E-state index is 11.0. The molecule has 0 aliphatic heterocycles. The summed E-state index contributed by atoms with van der Waals surface area (Å²) >= 11 is 0. The summed E-state index contributed by atoms with van der Waals surface area (Å²) in [5.41, 5.74) is 2.40. The number of aryl methyl sites for hydroxylation is 1. The molecule has 0 heterocycles. The van der Waals surface area contributed by atoms with Gasteiger partial charge in [-0.3, -0.25) is 9.59 Å². The SMILES string of the molecule is CC(=O)C(=O)NCCc1ccccc1C. The first-order valence-corrected chi connectivity index (χ1v) is 4.94. The van der Waals surface area contributed by atoms with Crippen molar-refractivity contribution in [2.24, 2.45) is 0 Å². The third kappa shape index (κ3) is 3.54. The summed E-state index contributed by atoms with van der Waals surface area (Å²) in [6.07, 6.45) is 0.756. The lowest BCUT2D eigenvalue weighted by atomic mass is 10.1. The van der Waals surface area contributed by atoms with E-state index >= 15 is 0 Å². The lowest BCUT2D eigenvalue weighted by molar-refractivity contribution is -0.136. The smallest absolute Gasteiger partial charge is 0.287 e. The van der Waals surface area contributed by atoms with Crippen molar-refractivity contribution in [3.05, 3.63) is 35.4 Å². The van der Waals surface area contributed by atoms with Gasteiger partial charge in [0.15, 0.2) is 0 Å². The number of ketones is 1. The quantitative estimate of drug-likeness (QED) is 0.752. The topological polar surface area (TPSA) is 46.2 Å². The first kappa shape index (κ1) is 11.4. The molecule has 0 aromatic heterocycles. The summed E-state index contributed by atoms with van der Waals surface area (Å²) in [7, 11) is 0. The van der Waals surface area contributed by atoms with Crippen molar-refractivity contribution < 1.29 is 9.59 Å². The molecule has 0 bridgehead atoms. The molecule has 15 heavy (non-hydrogen) atoms. The van der Waals surface area contributed by atoms with Crippen LogP contribution in [-0.2, 0) is 16.0 Å². The van der Waals surface area contributed by atoms with Gasteiger partial charge in [-0.05, 0) is 24.5 Å². The molecule has 3 heteroatoms. The first-order valence-electron chi connectivity index (χ1n) is 4.94. The fraction of sp³-hybridized carbons (Fsp3) is 0.333. The average molecular weight is 205 g/mol. The minimum atomic E-state index is -0.511. The number of hydrogen-bond donors (Lipinski definition) is 1. The summed E-state index contributed by atoms with van der Waals surface area (Å²) < 4.78 is 0. The summed E-state index contributed by atoms with van der Waals surface area (Å²) in [6, 6.07) is 8.00. The van der Waals surface area contributed by atoms with Crippen LogP contribution in [0.2, 0.25) is 0 Å². The Balaban J connectivity index is 2.42. The number of rotatable bonds is 4. The van der Waals surface area contributed by atoms with Crippen LogP contribution in [0.25, 0.3) is 0 Å². The van der Waals surface area contributed by atoms with Crippen LogP contribution in [-0.4, -0.2) is 18.2 Å². The van der Waals surface area contributed by atoms with Crippen molar-refractivity contribution in [1.82, 2.24) is 5.32 Å². The molecular weight excluding hydrogens is 190 g/mol. The van der Waals surface area contributed by atoms with Crippen molar-refractivity contribution in [3.8, 4) is 0 Å². The predicted octanol–water partition coefficient (Wildman–Crippen LogP) is 1.24. The number of benzene rings is 1. The highest BCUT2D eigenvalue weighted by Gasteiger charge is 2.05. The van der Waals surface area contributed by atoms with Gasteiger partial charge in [0, 0.05) is 13.5 Å². The van der Waals surface area contributed by atoms with E-state index in [4.69, 9.17) is 0 Å². The summed E-state index contributed by atoms with van der Waals surface area (Å²) in [6.45, 7) is 3.80. The molecule has 1 rings (SSSR count). The second kappa shape index (κ2) is 5.29. The molecule has 0 aliphatic carbocycles. The lowest BCUT2D eigenvalue weighted by Crippen LogP contribution is -2.30. The minimum Gasteiger partial charge on any atom is -0.349 e. The van der Waals surface area contributed by atoms with E-state index in [0.29, 0.717) is 6.54 Å². The van der Waals surface area contributed by atoms with Gasteiger partial charge in [0.1, 0.15) is 0 Å². The number of hydrogen-bond acceptors (Lipinski definition) is 2. The molecule has 0 fully saturated rings. The predicted molar refractivity (Wildman–Crippen MR) is 58.6 cm³/mol. The van der Waals surface area contributed by atoms with Gasteiger partial charge >= 0.3 is 0 Å². The molecule has 0 radical (unpaired) electrons. The van der Waals surface area contributed by atoms with Crippen molar-refractivity contribution in [2.75, 3.05) is 6.54 Å². The Hall–Kier alpha value is -1.64. The normalized spacial score (nSPS) is 9.73. The Bertz CT molecular complexity index is 372. The first-order chi connectivity index (χ1) is 7.11. The van der Waals surface area contributed by atoms with Crippen LogP contribution in [0.4, 0.5) is 0 Å². The summed E-state index contributed by atoms with van der Waals surface area (Å²) in [4.78, 5) is 21.6. The standard InChI is InChI=1S/C12H15NO2/c1-9-5-3-4-6-11(9)7-8-13-12(15)10(2)14/h3-6H,7-8H2,1-2H3,(H,13,15). The molecule has 1 amide bonds. The van der Waals surface area contributed by atoms with Crippen LogP contribution in [0, 0.1) is 6.92 Å². The molecule has 0 saturated carbocycles. The number of amides is 1. The van der Waals surface area contributed by atoms with E-state index in [1.807, 2.05) is 31.2 Å². The molecule has 80 valence electrons. The van der Waals surface area contributed by atoms with Crippen LogP contribution in [0.5, 0.6) is 0 Å². The zero-order valence-corrected chi connectivity index (χ0v) is 9.04. The Kier molecular flexibility index (Phi) is 4.03. The van der Waals surface area contributed by atoms with Crippen LogP contribution in [0.1, 0.15) is 18.1 Å². The lowest BCUT2D eigenvalue weighted by Gasteiger charge is -2.05. The highest BCUT2D eigenvalue weighted by Crippen LogP contribution is 2.06. The third-order valence-electron chi connectivity index (χ3n) is 2.26. The maximum atomic E-state index is 11.0. The van der Waals surface area contributed by atoms with Gasteiger partial charge in [0.2, 0.25) is 5.78 Å². The zero-order valence-electron chi connectivity index (χ0n) is 9.04. The van der Waals surface area contributed by atoms with Crippen molar-refractivity contribution in [1.29, 1.82) is 0 Å². The van der Waals surface area contributed by atoms with Crippen LogP contribution in [0.3, 0.4) is 0 Å². The highest BCUT2D eigenvalue weighted by atomic mass is 16.2. The Morgan fingerprint density at radius 1 is 1.27 bits per heavy atom. The molecule has 0 atom stereocenters. The molecule has 0 saturated heterocycles. The number of nitrogens with one attached hydrogen (secondary N) is 1. The number of carbonyl (C=O) groups excluding carboxylic acids is 2. The number of Topliss-reactive ketones (excluding diaryl/α,β-unsaturated/α-hetero) is 1. The van der Waals surface area contributed by atoms with Gasteiger partial charge in [-0.25, -0.2) is 0 Å². The van der Waals surface area contributed by atoms with Gasteiger partial charge in [0.25, 0.3) is 5.91 Å². The van der Waals surface area contributed by atoms with E-state index in [0.717, 1.165) is 6.42 Å². The molecule has 1 N–H and O–H groups in total. The van der Waals surface area contributed by atoms with Gasteiger partial charge in [-0.15, -0.1) is 0 Å². The highest BCUT2D eigenvalue weighted by molar-refractivity contribution is 6.35. The Morgan fingerprint density at radius 2 is 1.93 bits per heavy atom. The second-order valence-corrected chi connectivity index (χ2v) is 3.49. The maximum Gasteiger partial charge on any atom is 0.287 e. The average Bonchev–Trinajstić information content (AvgIpc) is 2.20. The molecular formula is C12H15NO2. The van der Waals surface area contributed by atoms with E-state index in [1.165, 1.54) is 18.1 Å². The third-order valence-corrected chi connectivity index (χ3v) is 2.26. The van der Waals surface area contributed by atoms with E-state index in [2.05, 4.69) is 5.32 Å². The van der Waals surface area contributed by atoms with Crippen LogP contribution in [0.15, 0.2) is 24.3 Å². The van der Waals surface area contributed by atoms with Gasteiger partial charge in [-0.1, -0.05) is 24.3 Å². The fourth-order valence-corrected chi connectivity index (χ4v) is 1.33. The van der Waals surface area contributed by atoms with Gasteiger partial charge < -0.3 is 5.32 Å². The van der Waals surface area contributed by atoms with Gasteiger partial charge in [-0.2, -0.15) is 0 Å². The zero-order chi connectivity index (χ0) is 11.3. The fourth-order valence-electron chi connectivity index (χ4n) is 1.33.